The second-order valence-electron chi connectivity index (χ2n) is 4.39. The Balaban J connectivity index is 2.86. The number of carboxylic acid groups (broad SMARTS) is 1. The summed E-state index contributed by atoms with van der Waals surface area (Å²) >= 11 is 0. The quantitative estimate of drug-likeness (QED) is 0.681. The highest BCUT2D eigenvalue weighted by Crippen LogP contribution is 2.23. The number of hydrogen-bond donors (Lipinski definition) is 3. The molecule has 0 atom stereocenters. The van der Waals surface area contributed by atoms with Crippen LogP contribution in [0.15, 0.2) is 18.2 Å². The predicted octanol–water partition coefficient (Wildman–Crippen LogP) is 1.80. The molecule has 5 heteroatoms. The molecular formula is C12H18N2O3. The lowest BCUT2D eigenvalue weighted by atomic mass is 10.1. The van der Waals surface area contributed by atoms with Crippen molar-refractivity contribution >= 4 is 17.3 Å². The normalized spacial score (nSPS) is 11.2. The maximum Gasteiger partial charge on any atom is 0.337 e. The fourth-order valence-corrected chi connectivity index (χ4v) is 1.29. The van der Waals surface area contributed by atoms with Crippen LogP contribution in [0.4, 0.5) is 11.4 Å². The molecule has 4 N–H and O–H groups in total. The second-order valence-corrected chi connectivity index (χ2v) is 4.39. The summed E-state index contributed by atoms with van der Waals surface area (Å²) in [4.78, 5) is 10.9. The van der Waals surface area contributed by atoms with E-state index in [4.69, 9.17) is 15.6 Å². The summed E-state index contributed by atoms with van der Waals surface area (Å²) in [6, 6.07) is 4.87. The van der Waals surface area contributed by atoms with Crippen LogP contribution in [0.3, 0.4) is 0 Å². The van der Waals surface area contributed by atoms with Crippen molar-refractivity contribution < 1.29 is 14.6 Å². The Labute approximate surface area is 101 Å². The number of benzene rings is 1. The molecule has 0 aromatic heterocycles. The van der Waals surface area contributed by atoms with Crippen LogP contribution in [0.5, 0.6) is 0 Å². The predicted molar refractivity (Wildman–Crippen MR) is 67.4 cm³/mol. The molecule has 0 spiro atoms. The number of rotatable bonds is 5. The Hall–Kier alpha value is -1.75. The third-order valence-corrected chi connectivity index (χ3v) is 2.59. The van der Waals surface area contributed by atoms with Gasteiger partial charge in [-0.1, -0.05) is 6.07 Å². The van der Waals surface area contributed by atoms with E-state index in [1.54, 1.807) is 19.2 Å². The van der Waals surface area contributed by atoms with Gasteiger partial charge in [-0.2, -0.15) is 0 Å². The topological polar surface area (TPSA) is 84.6 Å². The van der Waals surface area contributed by atoms with E-state index in [1.807, 2.05) is 13.8 Å². The Morgan fingerprint density at radius 2 is 2.18 bits per heavy atom. The van der Waals surface area contributed by atoms with Crippen LogP contribution < -0.4 is 11.1 Å². The van der Waals surface area contributed by atoms with Gasteiger partial charge in [0.25, 0.3) is 0 Å². The number of ether oxygens (including phenoxy) is 1. The summed E-state index contributed by atoms with van der Waals surface area (Å²) < 4.78 is 5.26. The van der Waals surface area contributed by atoms with Crippen LogP contribution in [-0.2, 0) is 4.74 Å². The van der Waals surface area contributed by atoms with Crippen molar-refractivity contribution in [3.8, 4) is 0 Å². The highest BCUT2D eigenvalue weighted by molar-refractivity contribution is 5.97. The van der Waals surface area contributed by atoms with E-state index in [-0.39, 0.29) is 16.9 Å². The van der Waals surface area contributed by atoms with Gasteiger partial charge in [0.15, 0.2) is 0 Å². The number of nitrogens with one attached hydrogen (secondary N) is 1. The number of carbonyl (C=O) groups is 1. The van der Waals surface area contributed by atoms with Gasteiger partial charge in [-0.25, -0.2) is 4.79 Å². The number of nitrogen functional groups attached to an aromatic ring is 1. The zero-order chi connectivity index (χ0) is 13.1. The van der Waals surface area contributed by atoms with Crippen LogP contribution in [0, 0.1) is 0 Å². The lowest BCUT2D eigenvalue weighted by molar-refractivity contribution is 0.0344. The Morgan fingerprint density at radius 3 is 2.71 bits per heavy atom. The molecule has 0 aliphatic carbocycles. The zero-order valence-electron chi connectivity index (χ0n) is 10.3. The first-order valence-corrected chi connectivity index (χ1v) is 5.28. The molecule has 0 bridgehead atoms. The number of nitrogens with two attached hydrogens (primary N) is 1. The van der Waals surface area contributed by atoms with Crippen LogP contribution in [0.2, 0.25) is 0 Å². The van der Waals surface area contributed by atoms with E-state index in [2.05, 4.69) is 5.32 Å². The van der Waals surface area contributed by atoms with Gasteiger partial charge in [0.1, 0.15) is 0 Å². The van der Waals surface area contributed by atoms with Crippen molar-refractivity contribution in [2.45, 2.75) is 19.4 Å². The van der Waals surface area contributed by atoms with Gasteiger partial charge in [0.2, 0.25) is 0 Å². The molecule has 1 rings (SSSR count). The van der Waals surface area contributed by atoms with E-state index in [0.29, 0.717) is 12.2 Å². The Bertz CT molecular complexity index is 416. The summed E-state index contributed by atoms with van der Waals surface area (Å²) in [5, 5.41) is 12.0. The average molecular weight is 238 g/mol. The van der Waals surface area contributed by atoms with Crippen LogP contribution in [0.25, 0.3) is 0 Å². The molecule has 0 saturated carbocycles. The van der Waals surface area contributed by atoms with E-state index in [9.17, 15) is 4.79 Å². The SMILES string of the molecule is COC(C)(C)CNc1cccc(C(=O)O)c1N. The lowest BCUT2D eigenvalue weighted by Crippen LogP contribution is -2.32. The highest BCUT2D eigenvalue weighted by atomic mass is 16.5. The number of anilines is 2. The van der Waals surface area contributed by atoms with Crippen LogP contribution in [-0.4, -0.2) is 30.3 Å². The first-order valence-electron chi connectivity index (χ1n) is 5.28. The Morgan fingerprint density at radius 1 is 1.53 bits per heavy atom. The van der Waals surface area contributed by atoms with E-state index < -0.39 is 5.97 Å². The molecule has 0 fully saturated rings. The summed E-state index contributed by atoms with van der Waals surface area (Å²) in [6.45, 7) is 4.39. The molecule has 0 radical (unpaired) electrons. The first-order chi connectivity index (χ1) is 7.87. The largest absolute Gasteiger partial charge is 0.478 e. The molecule has 0 unspecified atom stereocenters. The minimum atomic E-state index is -1.03. The smallest absolute Gasteiger partial charge is 0.337 e. The molecular weight excluding hydrogens is 220 g/mol. The Kier molecular flexibility index (Phi) is 3.96. The summed E-state index contributed by atoms with van der Waals surface area (Å²) in [6.07, 6.45) is 0. The number of carboxylic acids is 1. The number of methoxy groups -OCH3 is 1. The van der Waals surface area contributed by atoms with Crippen molar-refractivity contribution in [3.05, 3.63) is 23.8 Å². The molecule has 1 aromatic carbocycles. The lowest BCUT2D eigenvalue weighted by Gasteiger charge is -2.24. The summed E-state index contributed by atoms with van der Waals surface area (Å²) in [5.41, 5.74) is 6.38. The number of aromatic carboxylic acids is 1. The van der Waals surface area contributed by atoms with Crippen molar-refractivity contribution in [3.63, 3.8) is 0 Å². The fourth-order valence-electron chi connectivity index (χ4n) is 1.29. The van der Waals surface area contributed by atoms with Crippen molar-refractivity contribution in [1.82, 2.24) is 0 Å². The second kappa shape index (κ2) is 5.05. The molecule has 0 aliphatic heterocycles. The fraction of sp³-hybridized carbons (Fsp3) is 0.417. The van der Waals surface area contributed by atoms with Gasteiger partial charge in [-0.05, 0) is 26.0 Å². The molecule has 1 aromatic rings. The molecule has 17 heavy (non-hydrogen) atoms. The van der Waals surface area contributed by atoms with Gasteiger partial charge in [-0.3, -0.25) is 0 Å². The molecule has 0 saturated heterocycles. The number of para-hydroxylation sites is 1. The van der Waals surface area contributed by atoms with Gasteiger partial charge in [0.05, 0.1) is 22.5 Å². The number of hydrogen-bond acceptors (Lipinski definition) is 4. The maximum absolute atomic E-state index is 10.9. The van der Waals surface area contributed by atoms with Crippen LogP contribution >= 0.6 is 0 Å². The molecule has 94 valence electrons. The maximum atomic E-state index is 10.9. The minimum absolute atomic E-state index is 0.102. The highest BCUT2D eigenvalue weighted by Gasteiger charge is 2.17. The molecule has 0 amide bonds. The average Bonchev–Trinajstić information content (AvgIpc) is 2.27. The minimum Gasteiger partial charge on any atom is -0.478 e. The van der Waals surface area contributed by atoms with Gasteiger partial charge in [0, 0.05) is 13.7 Å². The van der Waals surface area contributed by atoms with Gasteiger partial charge < -0.3 is 20.9 Å². The monoisotopic (exact) mass is 238 g/mol. The van der Waals surface area contributed by atoms with Gasteiger partial charge in [-0.15, -0.1) is 0 Å². The molecule has 0 aliphatic rings. The van der Waals surface area contributed by atoms with Gasteiger partial charge >= 0.3 is 5.97 Å². The van der Waals surface area contributed by atoms with Crippen molar-refractivity contribution in [2.75, 3.05) is 24.7 Å². The van der Waals surface area contributed by atoms with Crippen LogP contribution in [0.1, 0.15) is 24.2 Å². The van der Waals surface area contributed by atoms with E-state index in [0.717, 1.165) is 0 Å². The van der Waals surface area contributed by atoms with Crippen molar-refractivity contribution in [1.29, 1.82) is 0 Å². The molecule has 0 heterocycles. The first kappa shape index (κ1) is 13.3. The molecule has 5 nitrogen and oxygen atoms in total. The van der Waals surface area contributed by atoms with Crippen molar-refractivity contribution in [2.24, 2.45) is 0 Å². The summed E-state index contributed by atoms with van der Waals surface area (Å²) in [7, 11) is 1.62. The zero-order valence-corrected chi connectivity index (χ0v) is 10.3. The van der Waals surface area contributed by atoms with E-state index in [1.165, 1.54) is 6.07 Å². The third kappa shape index (κ3) is 3.35. The standard InChI is InChI=1S/C12H18N2O3/c1-12(2,17-3)7-14-9-6-4-5-8(10(9)13)11(15)16/h4-6,14H,7,13H2,1-3H3,(H,15,16). The summed E-state index contributed by atoms with van der Waals surface area (Å²) in [5.74, 6) is -1.03. The third-order valence-electron chi connectivity index (χ3n) is 2.59. The van der Waals surface area contributed by atoms with E-state index >= 15 is 0 Å².